The monoisotopic (exact) mass is 352 g/mol. The summed E-state index contributed by atoms with van der Waals surface area (Å²) < 4.78 is 10.1. The lowest BCUT2D eigenvalue weighted by Crippen LogP contribution is -2.37. The third-order valence-corrected chi connectivity index (χ3v) is 4.21. The fourth-order valence-corrected chi connectivity index (χ4v) is 2.85. The molecular formula is C17H28N4O4. The first-order valence-electron chi connectivity index (χ1n) is 9.09. The van der Waals surface area contributed by atoms with Gasteiger partial charge >= 0.3 is 5.97 Å². The number of aromatic nitrogens is 2. The number of ether oxygens (including phenoxy) is 1. The van der Waals surface area contributed by atoms with Crippen molar-refractivity contribution in [1.29, 1.82) is 0 Å². The SMILES string of the molecule is CCOC(=O)CN1CCCN(C(=O)CCCc2nc(CC)no2)CC1. The molecule has 0 spiro atoms. The smallest absolute Gasteiger partial charge is 0.320 e. The van der Waals surface area contributed by atoms with Crippen molar-refractivity contribution in [1.82, 2.24) is 19.9 Å². The van der Waals surface area contributed by atoms with E-state index < -0.39 is 0 Å². The Morgan fingerprint density at radius 3 is 2.76 bits per heavy atom. The highest BCUT2D eigenvalue weighted by Crippen LogP contribution is 2.09. The van der Waals surface area contributed by atoms with E-state index in [1.165, 1.54) is 0 Å². The van der Waals surface area contributed by atoms with Gasteiger partial charge in [0.2, 0.25) is 11.8 Å². The molecule has 0 N–H and O–H groups in total. The molecule has 1 fully saturated rings. The molecule has 0 bridgehead atoms. The van der Waals surface area contributed by atoms with E-state index in [4.69, 9.17) is 9.26 Å². The van der Waals surface area contributed by atoms with Gasteiger partial charge in [-0.3, -0.25) is 14.5 Å². The Morgan fingerprint density at radius 1 is 1.20 bits per heavy atom. The summed E-state index contributed by atoms with van der Waals surface area (Å²) in [5, 5.41) is 3.86. The van der Waals surface area contributed by atoms with Crippen LogP contribution in [0.2, 0.25) is 0 Å². The van der Waals surface area contributed by atoms with E-state index in [2.05, 4.69) is 15.0 Å². The minimum Gasteiger partial charge on any atom is -0.465 e. The molecule has 0 aromatic carbocycles. The van der Waals surface area contributed by atoms with Gasteiger partial charge in [-0.05, 0) is 19.8 Å². The van der Waals surface area contributed by atoms with Gasteiger partial charge in [-0.1, -0.05) is 12.1 Å². The summed E-state index contributed by atoms with van der Waals surface area (Å²) in [4.78, 5) is 32.1. The molecule has 140 valence electrons. The highest BCUT2D eigenvalue weighted by molar-refractivity contribution is 5.76. The normalized spacial score (nSPS) is 15.8. The molecule has 1 aromatic heterocycles. The number of rotatable bonds is 8. The van der Waals surface area contributed by atoms with Crippen molar-refractivity contribution in [3.05, 3.63) is 11.7 Å². The van der Waals surface area contributed by atoms with Crippen LogP contribution in [0.3, 0.4) is 0 Å². The highest BCUT2D eigenvalue weighted by atomic mass is 16.5. The minimum atomic E-state index is -0.201. The molecule has 1 aliphatic rings. The molecule has 1 aromatic rings. The molecule has 8 nitrogen and oxygen atoms in total. The third-order valence-electron chi connectivity index (χ3n) is 4.21. The predicted molar refractivity (Wildman–Crippen MR) is 90.9 cm³/mol. The molecular weight excluding hydrogens is 324 g/mol. The maximum absolute atomic E-state index is 12.4. The molecule has 25 heavy (non-hydrogen) atoms. The lowest BCUT2D eigenvalue weighted by Gasteiger charge is -2.21. The van der Waals surface area contributed by atoms with Crippen molar-refractivity contribution in [3.8, 4) is 0 Å². The number of hydrogen-bond donors (Lipinski definition) is 0. The van der Waals surface area contributed by atoms with Gasteiger partial charge in [0.1, 0.15) is 0 Å². The number of esters is 1. The number of nitrogens with zero attached hydrogens (tertiary/aromatic N) is 4. The second-order valence-corrected chi connectivity index (χ2v) is 6.13. The minimum absolute atomic E-state index is 0.146. The average molecular weight is 352 g/mol. The standard InChI is InChI=1S/C17H28N4O4/c1-3-14-18-15(25-19-14)7-5-8-16(22)21-10-6-9-20(11-12-21)13-17(23)24-4-2/h3-13H2,1-2H3. The topological polar surface area (TPSA) is 88.8 Å². The fraction of sp³-hybridized carbons (Fsp3) is 0.765. The van der Waals surface area contributed by atoms with E-state index in [1.807, 2.05) is 11.8 Å². The van der Waals surface area contributed by atoms with Crippen LogP contribution in [0.5, 0.6) is 0 Å². The summed E-state index contributed by atoms with van der Waals surface area (Å²) in [5.74, 6) is 1.25. The Labute approximate surface area is 148 Å². The van der Waals surface area contributed by atoms with Crippen molar-refractivity contribution >= 4 is 11.9 Å². The maximum atomic E-state index is 12.4. The van der Waals surface area contributed by atoms with Crippen LogP contribution in [-0.2, 0) is 27.2 Å². The molecule has 0 saturated carbocycles. The molecule has 2 heterocycles. The van der Waals surface area contributed by atoms with Crippen molar-refractivity contribution in [2.45, 2.75) is 46.0 Å². The van der Waals surface area contributed by atoms with Crippen LogP contribution in [0.4, 0.5) is 0 Å². The molecule has 1 aliphatic heterocycles. The summed E-state index contributed by atoms with van der Waals surface area (Å²) in [6.07, 6.45) is 3.42. The molecule has 1 amide bonds. The largest absolute Gasteiger partial charge is 0.465 e. The third kappa shape index (κ3) is 6.45. The number of carbonyl (C=O) groups is 2. The van der Waals surface area contributed by atoms with Gasteiger partial charge < -0.3 is 14.2 Å². The van der Waals surface area contributed by atoms with E-state index in [1.54, 1.807) is 6.92 Å². The quantitative estimate of drug-likeness (QED) is 0.646. The summed E-state index contributed by atoms with van der Waals surface area (Å²) in [5.41, 5.74) is 0. The van der Waals surface area contributed by atoms with Gasteiger partial charge in [-0.2, -0.15) is 4.98 Å². The molecule has 1 saturated heterocycles. The average Bonchev–Trinajstić information content (AvgIpc) is 2.93. The van der Waals surface area contributed by atoms with Gasteiger partial charge in [0.15, 0.2) is 5.82 Å². The second-order valence-electron chi connectivity index (χ2n) is 6.13. The molecule has 0 unspecified atom stereocenters. The first-order chi connectivity index (χ1) is 12.1. The highest BCUT2D eigenvalue weighted by Gasteiger charge is 2.20. The molecule has 0 radical (unpaired) electrons. The van der Waals surface area contributed by atoms with Crippen LogP contribution in [0.1, 0.15) is 44.8 Å². The Balaban J connectivity index is 1.70. The van der Waals surface area contributed by atoms with Crippen molar-refractivity contribution in [2.24, 2.45) is 0 Å². The number of hydrogen-bond acceptors (Lipinski definition) is 7. The first kappa shape index (κ1) is 19.4. The lowest BCUT2D eigenvalue weighted by atomic mass is 10.2. The summed E-state index contributed by atoms with van der Waals surface area (Å²) in [7, 11) is 0. The molecule has 0 aliphatic carbocycles. The maximum Gasteiger partial charge on any atom is 0.320 e. The number of carbonyl (C=O) groups excluding carboxylic acids is 2. The van der Waals surface area contributed by atoms with Crippen LogP contribution < -0.4 is 0 Å². The van der Waals surface area contributed by atoms with Gasteiger partial charge in [0, 0.05) is 45.4 Å². The van der Waals surface area contributed by atoms with E-state index >= 15 is 0 Å². The summed E-state index contributed by atoms with van der Waals surface area (Å²) >= 11 is 0. The molecule has 0 atom stereocenters. The molecule has 2 rings (SSSR count). The predicted octanol–water partition coefficient (Wildman–Crippen LogP) is 1.05. The van der Waals surface area contributed by atoms with Crippen LogP contribution >= 0.6 is 0 Å². The van der Waals surface area contributed by atoms with Gasteiger partial charge in [0.05, 0.1) is 13.2 Å². The second kappa shape index (κ2) is 10.1. The zero-order chi connectivity index (χ0) is 18.1. The van der Waals surface area contributed by atoms with Gasteiger partial charge in [-0.15, -0.1) is 0 Å². The van der Waals surface area contributed by atoms with Gasteiger partial charge in [0.25, 0.3) is 0 Å². The number of amides is 1. The van der Waals surface area contributed by atoms with Gasteiger partial charge in [-0.25, -0.2) is 0 Å². The zero-order valence-electron chi connectivity index (χ0n) is 15.2. The van der Waals surface area contributed by atoms with Crippen LogP contribution in [0, 0.1) is 0 Å². The number of aryl methyl sites for hydroxylation is 2. The van der Waals surface area contributed by atoms with Crippen molar-refractivity contribution in [3.63, 3.8) is 0 Å². The Bertz CT molecular complexity index is 561. The lowest BCUT2D eigenvalue weighted by molar-refractivity contribution is -0.144. The van der Waals surface area contributed by atoms with Crippen molar-refractivity contribution < 1.29 is 18.8 Å². The Morgan fingerprint density at radius 2 is 2.04 bits per heavy atom. The summed E-state index contributed by atoms with van der Waals surface area (Å²) in [6, 6.07) is 0. The first-order valence-corrected chi connectivity index (χ1v) is 9.09. The molecule has 8 heteroatoms. The van der Waals surface area contributed by atoms with E-state index in [0.29, 0.717) is 57.2 Å². The Kier molecular flexibility index (Phi) is 7.84. The van der Waals surface area contributed by atoms with Crippen LogP contribution in [-0.4, -0.2) is 71.1 Å². The van der Waals surface area contributed by atoms with E-state index in [0.717, 1.165) is 25.9 Å². The Hall–Kier alpha value is -1.96. The van der Waals surface area contributed by atoms with Crippen molar-refractivity contribution in [2.75, 3.05) is 39.3 Å². The van der Waals surface area contributed by atoms with E-state index in [9.17, 15) is 9.59 Å². The zero-order valence-corrected chi connectivity index (χ0v) is 15.2. The van der Waals surface area contributed by atoms with E-state index in [-0.39, 0.29) is 11.9 Å². The van der Waals surface area contributed by atoms with Crippen LogP contribution in [0.15, 0.2) is 4.52 Å². The van der Waals surface area contributed by atoms with Crippen LogP contribution in [0.25, 0.3) is 0 Å². The summed E-state index contributed by atoms with van der Waals surface area (Å²) in [6.45, 7) is 7.38. The fourth-order valence-electron chi connectivity index (χ4n) is 2.85.